The summed E-state index contributed by atoms with van der Waals surface area (Å²) >= 11 is 0. The average Bonchev–Trinajstić information content (AvgIpc) is 3.27. The first-order valence-corrected chi connectivity index (χ1v) is 9.60. The summed E-state index contributed by atoms with van der Waals surface area (Å²) in [4.78, 5) is 12.7. The number of rotatable bonds is 4. The number of hydrogen-bond acceptors (Lipinski definition) is 7. The molecule has 2 aromatic carbocycles. The molecule has 2 aromatic heterocycles. The first-order valence-electron chi connectivity index (χ1n) is 9.60. The summed E-state index contributed by atoms with van der Waals surface area (Å²) < 4.78 is 7.05. The Morgan fingerprint density at radius 3 is 2.77 bits per heavy atom. The van der Waals surface area contributed by atoms with Crippen LogP contribution in [0.2, 0.25) is 0 Å². The molecule has 3 heterocycles. The number of nitrogens with one attached hydrogen (secondary N) is 2. The molecule has 150 valence electrons. The van der Waals surface area contributed by atoms with E-state index in [0.29, 0.717) is 28.6 Å². The zero-order valence-corrected chi connectivity index (χ0v) is 16.5. The lowest BCUT2D eigenvalue weighted by molar-refractivity contribution is 0.415. The number of methoxy groups -OCH3 is 1. The molecule has 30 heavy (non-hydrogen) atoms. The summed E-state index contributed by atoms with van der Waals surface area (Å²) in [6.45, 7) is 2.11. The fourth-order valence-electron chi connectivity index (χ4n) is 3.77. The van der Waals surface area contributed by atoms with E-state index in [-0.39, 0.29) is 5.56 Å². The number of aryl methyl sites for hydroxylation is 1. The largest absolute Gasteiger partial charge is 0.497 e. The number of ether oxygens (including phenoxy) is 1. The SMILES string of the molecule is CCc1ccc([C@H]2c3c(-c4cccc(OC)c4)n[nH]c(=O)c3Nc3nnnn32)cc1. The second-order valence-electron chi connectivity index (χ2n) is 6.99. The molecule has 4 aromatic rings. The van der Waals surface area contributed by atoms with Crippen LogP contribution in [0.1, 0.15) is 29.7 Å². The van der Waals surface area contributed by atoms with Crippen LogP contribution in [0.4, 0.5) is 11.6 Å². The van der Waals surface area contributed by atoms with Crippen molar-refractivity contribution in [1.29, 1.82) is 0 Å². The maximum absolute atomic E-state index is 12.7. The number of H-pyrrole nitrogens is 1. The molecule has 0 amide bonds. The van der Waals surface area contributed by atoms with Crippen LogP contribution in [0, 0.1) is 0 Å². The molecular weight excluding hydrogens is 382 g/mol. The fraction of sp³-hybridized carbons (Fsp3) is 0.190. The zero-order valence-electron chi connectivity index (χ0n) is 16.5. The van der Waals surface area contributed by atoms with Gasteiger partial charge in [0.2, 0.25) is 5.95 Å². The van der Waals surface area contributed by atoms with Crippen LogP contribution in [-0.2, 0) is 6.42 Å². The summed E-state index contributed by atoms with van der Waals surface area (Å²) in [6, 6.07) is 15.4. The molecule has 1 atom stereocenters. The maximum atomic E-state index is 12.7. The number of fused-ring (bicyclic) bond motifs is 2. The van der Waals surface area contributed by atoms with Crippen molar-refractivity contribution in [3.63, 3.8) is 0 Å². The smallest absolute Gasteiger partial charge is 0.288 e. The van der Waals surface area contributed by atoms with Gasteiger partial charge in [-0.15, -0.1) is 0 Å². The normalized spacial score (nSPS) is 14.5. The van der Waals surface area contributed by atoms with Crippen LogP contribution in [0.15, 0.2) is 53.3 Å². The monoisotopic (exact) mass is 401 g/mol. The molecular formula is C21H19N7O2. The maximum Gasteiger partial charge on any atom is 0.288 e. The molecule has 5 rings (SSSR count). The molecule has 0 fully saturated rings. The number of hydrogen-bond donors (Lipinski definition) is 2. The van der Waals surface area contributed by atoms with Gasteiger partial charge in [-0.1, -0.05) is 48.4 Å². The summed E-state index contributed by atoms with van der Waals surface area (Å²) in [5.41, 5.74) is 4.38. The minimum absolute atomic E-state index is 0.332. The fourth-order valence-corrected chi connectivity index (χ4v) is 3.77. The van der Waals surface area contributed by atoms with Crippen molar-refractivity contribution in [3.8, 4) is 17.0 Å². The Bertz CT molecular complexity index is 1280. The van der Waals surface area contributed by atoms with Crippen LogP contribution < -0.4 is 15.6 Å². The molecule has 2 N–H and O–H groups in total. The average molecular weight is 401 g/mol. The second-order valence-corrected chi connectivity index (χ2v) is 6.99. The number of tetrazole rings is 1. The van der Waals surface area contributed by atoms with Crippen LogP contribution in [0.5, 0.6) is 5.75 Å². The Balaban J connectivity index is 1.78. The zero-order chi connectivity index (χ0) is 20.7. The van der Waals surface area contributed by atoms with Gasteiger partial charge in [-0.25, -0.2) is 5.10 Å². The lowest BCUT2D eigenvalue weighted by atomic mass is 9.92. The molecule has 0 bridgehead atoms. The van der Waals surface area contributed by atoms with Crippen molar-refractivity contribution in [1.82, 2.24) is 30.4 Å². The first-order chi connectivity index (χ1) is 14.7. The van der Waals surface area contributed by atoms with Crippen molar-refractivity contribution in [2.45, 2.75) is 19.4 Å². The van der Waals surface area contributed by atoms with E-state index >= 15 is 0 Å². The molecule has 9 nitrogen and oxygen atoms in total. The van der Waals surface area contributed by atoms with E-state index in [4.69, 9.17) is 4.74 Å². The minimum Gasteiger partial charge on any atom is -0.497 e. The van der Waals surface area contributed by atoms with Gasteiger partial charge >= 0.3 is 0 Å². The summed E-state index contributed by atoms with van der Waals surface area (Å²) in [5.74, 6) is 1.10. The predicted octanol–water partition coefficient (Wildman–Crippen LogP) is 2.69. The minimum atomic E-state index is -0.409. The van der Waals surface area contributed by atoms with E-state index in [0.717, 1.165) is 17.5 Å². The molecule has 0 spiro atoms. The topological polar surface area (TPSA) is 111 Å². The molecule has 0 unspecified atom stereocenters. The van der Waals surface area contributed by atoms with Crippen molar-refractivity contribution >= 4 is 11.6 Å². The third-order valence-electron chi connectivity index (χ3n) is 5.32. The number of benzene rings is 2. The Hall–Kier alpha value is -4.01. The van der Waals surface area contributed by atoms with E-state index in [1.807, 2.05) is 36.4 Å². The molecule has 0 radical (unpaired) electrons. The highest BCUT2D eigenvalue weighted by Crippen LogP contribution is 2.41. The van der Waals surface area contributed by atoms with Crippen molar-refractivity contribution in [2.24, 2.45) is 0 Å². The Morgan fingerprint density at radius 1 is 1.17 bits per heavy atom. The van der Waals surface area contributed by atoms with Gasteiger partial charge in [0.1, 0.15) is 17.5 Å². The number of anilines is 2. The van der Waals surface area contributed by atoms with E-state index in [9.17, 15) is 4.79 Å². The van der Waals surface area contributed by atoms with Crippen LogP contribution >= 0.6 is 0 Å². The summed E-state index contributed by atoms with van der Waals surface area (Å²) in [6.07, 6.45) is 0.940. The predicted molar refractivity (Wildman–Crippen MR) is 111 cm³/mol. The first kappa shape index (κ1) is 18.0. The third-order valence-corrected chi connectivity index (χ3v) is 5.32. The Morgan fingerprint density at radius 2 is 2.00 bits per heavy atom. The highest BCUT2D eigenvalue weighted by molar-refractivity contribution is 5.76. The van der Waals surface area contributed by atoms with Crippen LogP contribution in [-0.4, -0.2) is 37.5 Å². The van der Waals surface area contributed by atoms with E-state index in [1.54, 1.807) is 11.8 Å². The number of nitrogens with zero attached hydrogens (tertiary/aromatic N) is 5. The Kier molecular flexibility index (Phi) is 4.27. The van der Waals surface area contributed by atoms with Gasteiger partial charge in [-0.3, -0.25) is 4.79 Å². The van der Waals surface area contributed by atoms with Crippen molar-refractivity contribution in [2.75, 3.05) is 12.4 Å². The van der Waals surface area contributed by atoms with Crippen LogP contribution in [0.25, 0.3) is 11.3 Å². The Labute approximate surface area is 171 Å². The van der Waals surface area contributed by atoms with Crippen LogP contribution in [0.3, 0.4) is 0 Å². The van der Waals surface area contributed by atoms with Gasteiger partial charge in [-0.05, 0) is 40.1 Å². The van der Waals surface area contributed by atoms with Gasteiger partial charge in [0.05, 0.1) is 12.8 Å². The number of aromatic nitrogens is 6. The van der Waals surface area contributed by atoms with Crippen molar-refractivity contribution in [3.05, 3.63) is 75.6 Å². The molecule has 1 aliphatic heterocycles. The quantitative estimate of drug-likeness (QED) is 0.476. The van der Waals surface area contributed by atoms with Gasteiger partial charge < -0.3 is 10.1 Å². The standard InChI is InChI=1S/C21H19N7O2/c1-3-12-7-9-13(10-8-12)19-16-17(14-5-4-6-15(11-14)30-2)23-24-20(29)18(16)22-21-25-26-27-28(19)21/h4-11,19H,3H2,1-2H3,(H,24,29)(H,22,25,27)/t19-/m0/s1. The third kappa shape index (κ3) is 2.83. The van der Waals surface area contributed by atoms with Crippen molar-refractivity contribution < 1.29 is 4.74 Å². The molecule has 1 aliphatic rings. The number of aromatic amines is 1. The summed E-state index contributed by atoms with van der Waals surface area (Å²) in [5, 5.41) is 22.1. The van der Waals surface area contributed by atoms with E-state index < -0.39 is 6.04 Å². The lowest BCUT2D eigenvalue weighted by Gasteiger charge is -2.28. The van der Waals surface area contributed by atoms with E-state index in [2.05, 4.69) is 50.1 Å². The van der Waals surface area contributed by atoms with Gasteiger partial charge in [0.25, 0.3) is 5.56 Å². The molecule has 0 saturated heterocycles. The highest BCUT2D eigenvalue weighted by atomic mass is 16.5. The summed E-state index contributed by atoms with van der Waals surface area (Å²) in [7, 11) is 1.61. The molecule has 9 heteroatoms. The van der Waals surface area contributed by atoms with Gasteiger partial charge in [-0.2, -0.15) is 9.78 Å². The van der Waals surface area contributed by atoms with Gasteiger partial charge in [0.15, 0.2) is 0 Å². The molecule has 0 aliphatic carbocycles. The second kappa shape index (κ2) is 7.11. The van der Waals surface area contributed by atoms with E-state index in [1.165, 1.54) is 5.56 Å². The molecule has 0 saturated carbocycles. The lowest BCUT2D eigenvalue weighted by Crippen LogP contribution is -2.29. The highest BCUT2D eigenvalue weighted by Gasteiger charge is 2.34. The van der Waals surface area contributed by atoms with Gasteiger partial charge in [0, 0.05) is 11.1 Å².